The van der Waals surface area contributed by atoms with Crippen molar-refractivity contribution in [3.05, 3.63) is 11.7 Å². The van der Waals surface area contributed by atoms with Crippen molar-refractivity contribution in [1.29, 1.82) is 0 Å². The van der Waals surface area contributed by atoms with E-state index in [2.05, 4.69) is 10.1 Å². The van der Waals surface area contributed by atoms with Crippen molar-refractivity contribution in [3.8, 4) is 0 Å². The molecule has 0 spiro atoms. The molecule has 0 amide bonds. The molecule has 6 heteroatoms. The van der Waals surface area contributed by atoms with Crippen LogP contribution in [-0.4, -0.2) is 39.5 Å². The highest BCUT2D eigenvalue weighted by atomic mass is 32.2. The summed E-state index contributed by atoms with van der Waals surface area (Å²) in [7, 11) is 0. The summed E-state index contributed by atoms with van der Waals surface area (Å²) in [6, 6.07) is 0. The normalized spacial score (nSPS) is 28.9. The maximum atomic E-state index is 9.96. The van der Waals surface area contributed by atoms with E-state index in [9.17, 15) is 5.11 Å². The molecule has 1 saturated heterocycles. The van der Waals surface area contributed by atoms with Gasteiger partial charge in [0.25, 0.3) is 0 Å². The zero-order valence-corrected chi connectivity index (χ0v) is 13.3. The topological polar surface area (TPSA) is 68.4 Å². The number of thioether (sulfide) groups is 1. The minimum absolute atomic E-state index is 0.0233. The van der Waals surface area contributed by atoms with E-state index in [-0.39, 0.29) is 18.1 Å². The van der Waals surface area contributed by atoms with E-state index in [1.807, 2.05) is 6.92 Å². The quantitative estimate of drug-likeness (QED) is 0.901. The van der Waals surface area contributed by atoms with Crippen LogP contribution in [0.15, 0.2) is 4.52 Å². The summed E-state index contributed by atoms with van der Waals surface area (Å²) in [6.07, 6.45) is 5.77. The van der Waals surface area contributed by atoms with Crippen LogP contribution in [0.25, 0.3) is 0 Å². The minimum atomic E-state index is -0.372. The van der Waals surface area contributed by atoms with Crippen molar-refractivity contribution in [2.75, 3.05) is 18.1 Å². The van der Waals surface area contributed by atoms with Crippen LogP contribution in [0.4, 0.5) is 0 Å². The number of aliphatic hydroxyl groups excluding tert-OH is 1. The van der Waals surface area contributed by atoms with Gasteiger partial charge in [0.1, 0.15) is 6.10 Å². The van der Waals surface area contributed by atoms with Crippen molar-refractivity contribution >= 4 is 11.8 Å². The molecule has 3 unspecified atom stereocenters. The van der Waals surface area contributed by atoms with Crippen molar-refractivity contribution < 1.29 is 14.4 Å². The lowest BCUT2D eigenvalue weighted by Crippen LogP contribution is -2.21. The Morgan fingerprint density at radius 1 is 1.33 bits per heavy atom. The van der Waals surface area contributed by atoms with Crippen molar-refractivity contribution in [1.82, 2.24) is 10.1 Å². The first kappa shape index (κ1) is 15.3. The van der Waals surface area contributed by atoms with Crippen molar-refractivity contribution in [2.45, 2.75) is 57.2 Å². The molecule has 118 valence electrons. The second-order valence-electron chi connectivity index (χ2n) is 5.98. The molecule has 0 radical (unpaired) electrons. The molecule has 1 aliphatic heterocycles. The Morgan fingerprint density at radius 3 is 2.81 bits per heavy atom. The highest BCUT2D eigenvalue weighted by Gasteiger charge is 2.35. The Hall–Kier alpha value is -0.590. The van der Waals surface area contributed by atoms with Gasteiger partial charge in [-0.2, -0.15) is 16.7 Å². The molecule has 21 heavy (non-hydrogen) atoms. The number of hydrogen-bond donors (Lipinski definition) is 1. The molecular weight excluding hydrogens is 288 g/mol. The first-order valence-corrected chi connectivity index (χ1v) is 9.16. The third kappa shape index (κ3) is 3.43. The fourth-order valence-electron chi connectivity index (χ4n) is 3.33. The van der Waals surface area contributed by atoms with E-state index < -0.39 is 0 Å². The monoisotopic (exact) mass is 312 g/mol. The number of rotatable bonds is 5. The molecule has 3 atom stereocenters. The molecule has 1 aromatic rings. The summed E-state index contributed by atoms with van der Waals surface area (Å²) >= 11 is 1.73. The van der Waals surface area contributed by atoms with Gasteiger partial charge in [-0.1, -0.05) is 24.4 Å². The van der Waals surface area contributed by atoms with E-state index in [4.69, 9.17) is 9.26 Å². The SMILES string of the molecule is CCOC(c1noc(C2CSCC2O)n1)C1CCCCC1. The molecule has 5 nitrogen and oxygen atoms in total. The Bertz CT molecular complexity index is 448. The van der Waals surface area contributed by atoms with Crippen LogP contribution in [0.1, 0.15) is 62.8 Å². The molecule has 1 N–H and O–H groups in total. The fourth-order valence-corrected chi connectivity index (χ4v) is 4.56. The summed E-state index contributed by atoms with van der Waals surface area (Å²) in [5.74, 6) is 3.31. The van der Waals surface area contributed by atoms with Crippen LogP contribution < -0.4 is 0 Å². The summed E-state index contributed by atoms with van der Waals surface area (Å²) in [5.41, 5.74) is 0. The van der Waals surface area contributed by atoms with E-state index in [0.29, 0.717) is 24.2 Å². The smallest absolute Gasteiger partial charge is 0.233 e. The second kappa shape index (κ2) is 7.11. The number of nitrogens with zero attached hydrogens (tertiary/aromatic N) is 2. The first-order valence-electron chi connectivity index (χ1n) is 8.00. The molecule has 3 rings (SSSR count). The van der Waals surface area contributed by atoms with E-state index in [0.717, 1.165) is 11.5 Å². The van der Waals surface area contributed by atoms with E-state index in [1.165, 1.54) is 32.1 Å². The third-order valence-electron chi connectivity index (χ3n) is 4.50. The average molecular weight is 312 g/mol. The first-order chi connectivity index (χ1) is 10.3. The summed E-state index contributed by atoms with van der Waals surface area (Å²) in [6.45, 7) is 2.67. The predicted molar refractivity (Wildman–Crippen MR) is 81.3 cm³/mol. The standard InChI is InChI=1S/C15H24N2O3S/c1-2-19-13(10-6-4-3-5-7-10)14-16-15(20-17-14)11-8-21-9-12(11)18/h10-13,18H,2-9H2,1H3. The van der Waals surface area contributed by atoms with Gasteiger partial charge in [-0.05, 0) is 25.7 Å². The van der Waals surface area contributed by atoms with E-state index in [1.54, 1.807) is 11.8 Å². The van der Waals surface area contributed by atoms with Gasteiger partial charge in [0.2, 0.25) is 11.7 Å². The zero-order chi connectivity index (χ0) is 14.7. The lowest BCUT2D eigenvalue weighted by Gasteiger charge is -2.27. The third-order valence-corrected chi connectivity index (χ3v) is 5.68. The lowest BCUT2D eigenvalue weighted by atomic mass is 9.85. The maximum Gasteiger partial charge on any atom is 0.233 e. The Balaban J connectivity index is 1.74. The van der Waals surface area contributed by atoms with Gasteiger partial charge < -0.3 is 14.4 Å². The molecule has 2 fully saturated rings. The van der Waals surface area contributed by atoms with Gasteiger partial charge in [-0.3, -0.25) is 0 Å². The Kier molecular flexibility index (Phi) is 5.19. The second-order valence-corrected chi connectivity index (χ2v) is 7.05. The molecule has 1 aliphatic carbocycles. The van der Waals surface area contributed by atoms with Gasteiger partial charge >= 0.3 is 0 Å². The number of aliphatic hydroxyl groups is 1. The fraction of sp³-hybridized carbons (Fsp3) is 0.867. The van der Waals surface area contributed by atoms with Crippen LogP contribution in [0.2, 0.25) is 0 Å². The molecule has 0 aromatic carbocycles. The van der Waals surface area contributed by atoms with Crippen LogP contribution in [0, 0.1) is 5.92 Å². The van der Waals surface area contributed by atoms with Gasteiger partial charge in [-0.15, -0.1) is 0 Å². The van der Waals surface area contributed by atoms with Crippen molar-refractivity contribution in [3.63, 3.8) is 0 Å². The molecule has 0 bridgehead atoms. The van der Waals surface area contributed by atoms with Gasteiger partial charge in [0, 0.05) is 18.1 Å². The van der Waals surface area contributed by atoms with Crippen LogP contribution in [0.3, 0.4) is 0 Å². The molecular formula is C15H24N2O3S. The number of ether oxygens (including phenoxy) is 1. The van der Waals surface area contributed by atoms with Crippen LogP contribution in [-0.2, 0) is 4.74 Å². The molecule has 1 aromatic heterocycles. The van der Waals surface area contributed by atoms with E-state index >= 15 is 0 Å². The Morgan fingerprint density at radius 2 is 2.14 bits per heavy atom. The van der Waals surface area contributed by atoms with Gasteiger partial charge in [0.05, 0.1) is 12.0 Å². The number of hydrogen-bond acceptors (Lipinski definition) is 6. The number of aromatic nitrogens is 2. The summed E-state index contributed by atoms with van der Waals surface area (Å²) in [4.78, 5) is 4.56. The predicted octanol–water partition coefficient (Wildman–Crippen LogP) is 2.92. The Labute approximate surface area is 129 Å². The van der Waals surface area contributed by atoms with Gasteiger partial charge in [-0.25, -0.2) is 0 Å². The van der Waals surface area contributed by atoms with Crippen LogP contribution >= 0.6 is 11.8 Å². The summed E-state index contributed by atoms with van der Waals surface area (Å²) in [5, 5.41) is 14.1. The minimum Gasteiger partial charge on any atom is -0.391 e. The van der Waals surface area contributed by atoms with Crippen molar-refractivity contribution in [2.24, 2.45) is 5.92 Å². The molecule has 1 saturated carbocycles. The lowest BCUT2D eigenvalue weighted by molar-refractivity contribution is -0.00145. The zero-order valence-electron chi connectivity index (χ0n) is 12.5. The highest BCUT2D eigenvalue weighted by molar-refractivity contribution is 7.99. The summed E-state index contributed by atoms with van der Waals surface area (Å²) < 4.78 is 11.3. The maximum absolute atomic E-state index is 9.96. The largest absolute Gasteiger partial charge is 0.391 e. The average Bonchev–Trinajstić information content (AvgIpc) is 3.14. The molecule has 2 heterocycles. The van der Waals surface area contributed by atoms with Gasteiger partial charge in [0.15, 0.2) is 0 Å². The molecule has 2 aliphatic rings. The highest BCUT2D eigenvalue weighted by Crippen LogP contribution is 2.37. The van der Waals surface area contributed by atoms with Crippen LogP contribution in [0.5, 0.6) is 0 Å².